The first-order valence-corrected chi connectivity index (χ1v) is 9.35. The molecular weight excluding hydrogens is 332 g/mol. The normalized spacial score (nSPS) is 23.6. The van der Waals surface area contributed by atoms with Crippen LogP contribution in [0.3, 0.4) is 0 Å². The second-order valence-corrected chi connectivity index (χ2v) is 6.75. The van der Waals surface area contributed by atoms with E-state index in [0.717, 1.165) is 26.2 Å². The average Bonchev–Trinajstić information content (AvgIpc) is 2.69. The van der Waals surface area contributed by atoms with E-state index >= 15 is 0 Å². The zero-order chi connectivity index (χ0) is 18.4. The summed E-state index contributed by atoms with van der Waals surface area (Å²) in [7, 11) is 0. The number of anilines is 1. The summed E-state index contributed by atoms with van der Waals surface area (Å²) in [6.45, 7) is 6.65. The van der Waals surface area contributed by atoms with Gasteiger partial charge in [-0.2, -0.15) is 0 Å². The molecule has 0 unspecified atom stereocenters. The van der Waals surface area contributed by atoms with Gasteiger partial charge in [0.2, 0.25) is 11.8 Å². The lowest BCUT2D eigenvalue weighted by Gasteiger charge is -2.36. The van der Waals surface area contributed by atoms with Gasteiger partial charge in [-0.25, -0.2) is 0 Å². The Bertz CT molecular complexity index is 602. The smallest absolute Gasteiger partial charge is 0.239 e. The molecule has 0 aliphatic carbocycles. The molecule has 0 spiro atoms. The van der Waals surface area contributed by atoms with Gasteiger partial charge in [0.1, 0.15) is 6.04 Å². The summed E-state index contributed by atoms with van der Waals surface area (Å²) in [5.41, 5.74) is 1.20. The van der Waals surface area contributed by atoms with Crippen molar-refractivity contribution in [2.45, 2.75) is 25.5 Å². The third kappa shape index (κ3) is 4.74. The van der Waals surface area contributed by atoms with Crippen LogP contribution in [0.15, 0.2) is 30.3 Å². The number of ether oxygens (including phenoxy) is 1. The highest BCUT2D eigenvalue weighted by Gasteiger charge is 2.28. The Balaban J connectivity index is 1.37. The van der Waals surface area contributed by atoms with Crippen molar-refractivity contribution in [1.82, 2.24) is 15.5 Å². The van der Waals surface area contributed by atoms with Crippen molar-refractivity contribution >= 4 is 17.5 Å². The molecule has 0 aromatic heterocycles. The van der Waals surface area contributed by atoms with Gasteiger partial charge in [0.05, 0.1) is 12.7 Å². The highest BCUT2D eigenvalue weighted by atomic mass is 16.5. The lowest BCUT2D eigenvalue weighted by atomic mass is 10.1. The third-order valence-electron chi connectivity index (χ3n) is 4.99. The molecule has 7 nitrogen and oxygen atoms in total. The predicted molar refractivity (Wildman–Crippen MR) is 100 cm³/mol. The van der Waals surface area contributed by atoms with Crippen molar-refractivity contribution in [3.8, 4) is 0 Å². The van der Waals surface area contributed by atoms with E-state index in [2.05, 4.69) is 27.7 Å². The molecule has 1 aromatic rings. The minimum Gasteiger partial charge on any atom is -0.375 e. The molecule has 142 valence electrons. The van der Waals surface area contributed by atoms with Crippen molar-refractivity contribution in [2.24, 2.45) is 0 Å². The molecule has 2 aliphatic rings. The number of carbonyl (C=O) groups is 2. The number of carbonyl (C=O) groups excluding carboxylic acids is 2. The van der Waals surface area contributed by atoms with Gasteiger partial charge in [-0.15, -0.1) is 0 Å². The number of amides is 2. The van der Waals surface area contributed by atoms with Crippen LogP contribution < -0.4 is 15.5 Å². The fraction of sp³-hybridized carbons (Fsp3) is 0.579. The van der Waals surface area contributed by atoms with E-state index in [0.29, 0.717) is 26.1 Å². The lowest BCUT2D eigenvalue weighted by molar-refractivity contribution is -0.132. The quantitative estimate of drug-likeness (QED) is 0.786. The first-order chi connectivity index (χ1) is 12.6. The predicted octanol–water partition coefficient (Wildman–Crippen LogP) is 0.218. The van der Waals surface area contributed by atoms with Gasteiger partial charge in [0.15, 0.2) is 0 Å². The summed E-state index contributed by atoms with van der Waals surface area (Å²) < 4.78 is 5.48. The summed E-state index contributed by atoms with van der Waals surface area (Å²) >= 11 is 0. The molecule has 2 fully saturated rings. The van der Waals surface area contributed by atoms with Gasteiger partial charge in [-0.3, -0.25) is 9.59 Å². The fourth-order valence-corrected chi connectivity index (χ4v) is 3.44. The highest BCUT2D eigenvalue weighted by molar-refractivity contribution is 5.83. The number of rotatable bonds is 5. The molecule has 7 heteroatoms. The second kappa shape index (κ2) is 9.00. The minimum absolute atomic E-state index is 0.0962. The highest BCUT2D eigenvalue weighted by Crippen LogP contribution is 2.15. The molecule has 2 N–H and O–H groups in total. The number of nitrogens with zero attached hydrogens (tertiary/aromatic N) is 2. The average molecular weight is 360 g/mol. The molecule has 26 heavy (non-hydrogen) atoms. The fourth-order valence-electron chi connectivity index (χ4n) is 3.44. The molecule has 3 rings (SSSR count). The van der Waals surface area contributed by atoms with Gasteiger partial charge in [0.25, 0.3) is 0 Å². The molecule has 1 aromatic carbocycles. The van der Waals surface area contributed by atoms with Crippen LogP contribution in [0.1, 0.15) is 13.3 Å². The molecule has 2 saturated heterocycles. The van der Waals surface area contributed by atoms with E-state index < -0.39 is 0 Å². The summed E-state index contributed by atoms with van der Waals surface area (Å²) in [4.78, 5) is 28.7. The molecule has 0 saturated carbocycles. The van der Waals surface area contributed by atoms with Crippen LogP contribution in [0.4, 0.5) is 5.69 Å². The number of hydrogen-bond donors (Lipinski definition) is 2. The number of morpholine rings is 1. The topological polar surface area (TPSA) is 73.9 Å². The van der Waals surface area contributed by atoms with Crippen molar-refractivity contribution in [3.05, 3.63) is 30.3 Å². The second-order valence-electron chi connectivity index (χ2n) is 6.75. The van der Waals surface area contributed by atoms with Crippen LogP contribution in [-0.2, 0) is 14.3 Å². The summed E-state index contributed by atoms with van der Waals surface area (Å²) in [5.74, 6) is -0.00203. The lowest BCUT2D eigenvalue weighted by Crippen LogP contribution is -2.55. The summed E-state index contributed by atoms with van der Waals surface area (Å²) in [6.07, 6.45) is 0.185. The number of hydrogen-bond acceptors (Lipinski definition) is 5. The van der Waals surface area contributed by atoms with Crippen LogP contribution in [0, 0.1) is 0 Å². The zero-order valence-electron chi connectivity index (χ0n) is 15.3. The first kappa shape index (κ1) is 18.7. The number of benzene rings is 1. The van der Waals surface area contributed by atoms with Gasteiger partial charge >= 0.3 is 0 Å². The van der Waals surface area contributed by atoms with Crippen LogP contribution in [0.2, 0.25) is 0 Å². The maximum Gasteiger partial charge on any atom is 0.239 e. The Morgan fingerprint density at radius 1 is 1.19 bits per heavy atom. The standard InChI is InChI=1S/C19H28N4O3/c1-15-18(20-9-14-26-15)19(25)21-8-7-17(24)23-12-10-22(11-13-23)16-5-3-2-4-6-16/h2-6,15,18,20H,7-14H2,1H3,(H,21,25)/t15-,18+/m1/s1. The Morgan fingerprint density at radius 2 is 1.92 bits per heavy atom. The molecular formula is C19H28N4O3. The van der Waals surface area contributed by atoms with E-state index in [1.54, 1.807) is 0 Å². The summed E-state index contributed by atoms with van der Waals surface area (Å²) in [5, 5.41) is 6.00. The Kier molecular flexibility index (Phi) is 6.46. The van der Waals surface area contributed by atoms with E-state index in [9.17, 15) is 9.59 Å². The molecule has 0 bridgehead atoms. The maximum absolute atomic E-state index is 12.4. The molecule has 2 heterocycles. The van der Waals surface area contributed by atoms with E-state index in [1.807, 2.05) is 30.0 Å². The Labute approximate surface area is 154 Å². The van der Waals surface area contributed by atoms with Gasteiger partial charge < -0.3 is 25.2 Å². The molecule has 2 aliphatic heterocycles. The largest absolute Gasteiger partial charge is 0.375 e. The van der Waals surface area contributed by atoms with E-state index in [4.69, 9.17) is 4.74 Å². The molecule has 2 atom stereocenters. The number of para-hydroxylation sites is 1. The van der Waals surface area contributed by atoms with Crippen LogP contribution >= 0.6 is 0 Å². The third-order valence-corrected chi connectivity index (χ3v) is 4.99. The van der Waals surface area contributed by atoms with E-state index in [-0.39, 0.29) is 24.0 Å². The van der Waals surface area contributed by atoms with Crippen LogP contribution in [0.5, 0.6) is 0 Å². The SMILES string of the molecule is C[C@H]1OCCN[C@@H]1C(=O)NCCC(=O)N1CCN(c2ccccc2)CC1. The van der Waals surface area contributed by atoms with Crippen LogP contribution in [-0.4, -0.2) is 74.7 Å². The maximum atomic E-state index is 12.4. The molecule has 0 radical (unpaired) electrons. The van der Waals surface area contributed by atoms with Crippen molar-refractivity contribution < 1.29 is 14.3 Å². The Morgan fingerprint density at radius 3 is 2.62 bits per heavy atom. The van der Waals surface area contributed by atoms with Gasteiger partial charge in [-0.1, -0.05) is 18.2 Å². The first-order valence-electron chi connectivity index (χ1n) is 9.35. The zero-order valence-corrected chi connectivity index (χ0v) is 15.3. The van der Waals surface area contributed by atoms with Crippen LogP contribution in [0.25, 0.3) is 0 Å². The Hall–Kier alpha value is -2.12. The van der Waals surface area contributed by atoms with E-state index in [1.165, 1.54) is 5.69 Å². The monoisotopic (exact) mass is 360 g/mol. The van der Waals surface area contributed by atoms with Crippen molar-refractivity contribution in [3.63, 3.8) is 0 Å². The molecule has 2 amide bonds. The number of nitrogens with one attached hydrogen (secondary N) is 2. The van der Waals surface area contributed by atoms with Crippen molar-refractivity contribution in [2.75, 3.05) is 50.8 Å². The number of piperazine rings is 1. The minimum atomic E-state index is -0.340. The summed E-state index contributed by atoms with van der Waals surface area (Å²) in [6, 6.07) is 9.92. The van der Waals surface area contributed by atoms with Gasteiger partial charge in [0, 0.05) is 51.4 Å². The van der Waals surface area contributed by atoms with Gasteiger partial charge in [-0.05, 0) is 19.1 Å². The van der Waals surface area contributed by atoms with Crippen molar-refractivity contribution in [1.29, 1.82) is 0 Å².